The zero-order valence-corrected chi connectivity index (χ0v) is 9.32. The van der Waals surface area contributed by atoms with Crippen LogP contribution in [0.4, 0.5) is 0 Å². The minimum absolute atomic E-state index is 0.443. The Morgan fingerprint density at radius 3 is 2.77 bits per heavy atom. The molecule has 1 unspecified atom stereocenters. The first-order valence-corrected chi connectivity index (χ1v) is 5.72. The van der Waals surface area contributed by atoms with E-state index in [1.807, 2.05) is 11.8 Å². The Morgan fingerprint density at radius 2 is 2.00 bits per heavy atom. The molecule has 0 spiro atoms. The highest BCUT2D eigenvalue weighted by molar-refractivity contribution is 8.00. The minimum Gasteiger partial charge on any atom is -0.122 e. The third-order valence-corrected chi connectivity index (χ3v) is 4.67. The standard InChI is InChI=1S/C12H16S/c1-9-12(2,3)8-10-6-4-5-7-11(10)13-9/h4-7,9H,8H2,1-3H3. The highest BCUT2D eigenvalue weighted by atomic mass is 32.2. The summed E-state index contributed by atoms with van der Waals surface area (Å²) in [7, 11) is 0. The van der Waals surface area contributed by atoms with E-state index in [4.69, 9.17) is 0 Å². The summed E-state index contributed by atoms with van der Waals surface area (Å²) in [6.45, 7) is 7.06. The van der Waals surface area contributed by atoms with Crippen LogP contribution in [-0.4, -0.2) is 5.25 Å². The molecule has 0 bridgehead atoms. The Bertz CT molecular complexity index is 315. The van der Waals surface area contributed by atoms with E-state index in [0.717, 1.165) is 5.25 Å². The van der Waals surface area contributed by atoms with Crippen LogP contribution in [0.3, 0.4) is 0 Å². The number of benzene rings is 1. The summed E-state index contributed by atoms with van der Waals surface area (Å²) in [6.07, 6.45) is 1.22. The fourth-order valence-electron chi connectivity index (χ4n) is 1.75. The van der Waals surface area contributed by atoms with E-state index in [9.17, 15) is 0 Å². The van der Waals surface area contributed by atoms with Gasteiger partial charge in [-0.05, 0) is 23.5 Å². The van der Waals surface area contributed by atoms with Crippen molar-refractivity contribution in [1.82, 2.24) is 0 Å². The number of hydrogen-bond acceptors (Lipinski definition) is 1. The van der Waals surface area contributed by atoms with E-state index in [1.54, 1.807) is 0 Å². The Hall–Kier alpha value is -0.430. The molecule has 2 rings (SSSR count). The van der Waals surface area contributed by atoms with Crippen molar-refractivity contribution in [1.29, 1.82) is 0 Å². The van der Waals surface area contributed by atoms with Gasteiger partial charge < -0.3 is 0 Å². The largest absolute Gasteiger partial charge is 0.122 e. The second kappa shape index (κ2) is 3.06. The molecule has 1 aromatic carbocycles. The lowest BCUT2D eigenvalue weighted by Gasteiger charge is -2.36. The van der Waals surface area contributed by atoms with E-state index in [1.165, 1.54) is 16.9 Å². The molecule has 0 amide bonds. The summed E-state index contributed by atoms with van der Waals surface area (Å²) < 4.78 is 0. The molecule has 0 radical (unpaired) electrons. The van der Waals surface area contributed by atoms with Gasteiger partial charge in [0.2, 0.25) is 0 Å². The summed E-state index contributed by atoms with van der Waals surface area (Å²) >= 11 is 2.02. The molecule has 1 aliphatic heterocycles. The summed E-state index contributed by atoms with van der Waals surface area (Å²) in [5.74, 6) is 0. The summed E-state index contributed by atoms with van der Waals surface area (Å²) in [4.78, 5) is 1.48. The molecule has 1 heteroatoms. The van der Waals surface area contributed by atoms with Crippen LogP contribution in [0.25, 0.3) is 0 Å². The van der Waals surface area contributed by atoms with Crippen LogP contribution in [0.5, 0.6) is 0 Å². The SMILES string of the molecule is CC1Sc2ccccc2CC1(C)C. The normalized spacial score (nSPS) is 25.3. The lowest BCUT2D eigenvalue weighted by Crippen LogP contribution is -2.30. The smallest absolute Gasteiger partial charge is 0.0120 e. The van der Waals surface area contributed by atoms with Gasteiger partial charge in [0.25, 0.3) is 0 Å². The van der Waals surface area contributed by atoms with Crippen LogP contribution in [0.1, 0.15) is 26.3 Å². The van der Waals surface area contributed by atoms with Crippen molar-refractivity contribution in [2.75, 3.05) is 0 Å². The molecule has 13 heavy (non-hydrogen) atoms. The van der Waals surface area contributed by atoms with Gasteiger partial charge in [-0.15, -0.1) is 11.8 Å². The zero-order chi connectivity index (χ0) is 9.47. The van der Waals surface area contributed by atoms with Crippen LogP contribution >= 0.6 is 11.8 Å². The Balaban J connectivity index is 2.39. The fourth-order valence-corrected chi connectivity index (χ4v) is 2.98. The predicted octanol–water partition coefficient (Wildman–Crippen LogP) is 3.75. The highest BCUT2D eigenvalue weighted by Gasteiger charge is 2.32. The lowest BCUT2D eigenvalue weighted by atomic mass is 9.82. The van der Waals surface area contributed by atoms with Crippen LogP contribution in [-0.2, 0) is 6.42 Å². The van der Waals surface area contributed by atoms with Gasteiger partial charge in [0, 0.05) is 10.1 Å². The third-order valence-electron chi connectivity index (χ3n) is 3.02. The summed E-state index contributed by atoms with van der Waals surface area (Å²) in [5, 5.41) is 0.724. The average Bonchev–Trinajstić information content (AvgIpc) is 2.06. The van der Waals surface area contributed by atoms with Crippen molar-refractivity contribution in [3.05, 3.63) is 29.8 Å². The van der Waals surface area contributed by atoms with Gasteiger partial charge in [-0.1, -0.05) is 39.0 Å². The topological polar surface area (TPSA) is 0 Å². The van der Waals surface area contributed by atoms with Crippen molar-refractivity contribution >= 4 is 11.8 Å². The van der Waals surface area contributed by atoms with Crippen molar-refractivity contribution in [3.8, 4) is 0 Å². The molecule has 0 nitrogen and oxygen atoms in total. The minimum atomic E-state index is 0.443. The molecule has 1 atom stereocenters. The van der Waals surface area contributed by atoms with E-state index in [2.05, 4.69) is 45.0 Å². The first-order chi connectivity index (χ1) is 6.09. The van der Waals surface area contributed by atoms with Gasteiger partial charge in [0.05, 0.1) is 0 Å². The maximum absolute atomic E-state index is 2.36. The maximum atomic E-state index is 2.36. The van der Waals surface area contributed by atoms with Gasteiger partial charge in [-0.3, -0.25) is 0 Å². The first kappa shape index (κ1) is 9.14. The van der Waals surface area contributed by atoms with Gasteiger partial charge in [0.1, 0.15) is 0 Å². The van der Waals surface area contributed by atoms with E-state index in [0.29, 0.717) is 5.41 Å². The molecule has 1 aliphatic rings. The molecule has 0 aromatic heterocycles. The van der Waals surface area contributed by atoms with Crippen LogP contribution < -0.4 is 0 Å². The monoisotopic (exact) mass is 192 g/mol. The molecule has 0 saturated heterocycles. The van der Waals surface area contributed by atoms with Gasteiger partial charge in [-0.2, -0.15) is 0 Å². The Labute approximate surface area is 84.7 Å². The second-order valence-electron chi connectivity index (χ2n) is 4.53. The highest BCUT2D eigenvalue weighted by Crippen LogP contribution is 2.44. The van der Waals surface area contributed by atoms with Crippen molar-refractivity contribution < 1.29 is 0 Å². The van der Waals surface area contributed by atoms with Crippen LogP contribution in [0.15, 0.2) is 29.2 Å². The quantitative estimate of drug-likeness (QED) is 0.603. The second-order valence-corrected chi connectivity index (χ2v) is 5.92. The average molecular weight is 192 g/mol. The van der Waals surface area contributed by atoms with Gasteiger partial charge in [0.15, 0.2) is 0 Å². The van der Waals surface area contributed by atoms with Crippen molar-refractivity contribution in [2.24, 2.45) is 5.41 Å². The molecule has 1 heterocycles. The third kappa shape index (κ3) is 1.62. The van der Waals surface area contributed by atoms with Crippen LogP contribution in [0, 0.1) is 5.41 Å². The molecule has 0 N–H and O–H groups in total. The van der Waals surface area contributed by atoms with Crippen LogP contribution in [0.2, 0.25) is 0 Å². The summed E-state index contributed by atoms with van der Waals surface area (Å²) in [5.41, 5.74) is 1.97. The number of hydrogen-bond donors (Lipinski definition) is 0. The fraction of sp³-hybridized carbons (Fsp3) is 0.500. The number of thioether (sulfide) groups is 1. The van der Waals surface area contributed by atoms with Gasteiger partial charge in [-0.25, -0.2) is 0 Å². The number of rotatable bonds is 0. The molecule has 0 fully saturated rings. The Kier molecular flexibility index (Phi) is 2.15. The van der Waals surface area contributed by atoms with Crippen molar-refractivity contribution in [3.63, 3.8) is 0 Å². The summed E-state index contributed by atoms with van der Waals surface area (Å²) in [6, 6.07) is 8.78. The molecule has 0 saturated carbocycles. The van der Waals surface area contributed by atoms with Crippen molar-refractivity contribution in [2.45, 2.75) is 37.3 Å². The van der Waals surface area contributed by atoms with Gasteiger partial charge >= 0.3 is 0 Å². The number of fused-ring (bicyclic) bond motifs is 1. The molecule has 1 aromatic rings. The molecular weight excluding hydrogens is 176 g/mol. The molecule has 70 valence electrons. The lowest BCUT2D eigenvalue weighted by molar-refractivity contribution is 0.352. The maximum Gasteiger partial charge on any atom is 0.0120 e. The molecule has 0 aliphatic carbocycles. The predicted molar refractivity (Wildman–Crippen MR) is 59.2 cm³/mol. The zero-order valence-electron chi connectivity index (χ0n) is 8.50. The van der Waals surface area contributed by atoms with E-state index < -0.39 is 0 Å². The van der Waals surface area contributed by atoms with E-state index >= 15 is 0 Å². The first-order valence-electron chi connectivity index (χ1n) is 4.84. The van der Waals surface area contributed by atoms with E-state index in [-0.39, 0.29) is 0 Å². The Morgan fingerprint density at radius 1 is 1.31 bits per heavy atom. The molecular formula is C12H16S.